The van der Waals surface area contributed by atoms with Gasteiger partial charge in [0, 0.05) is 24.8 Å². The van der Waals surface area contributed by atoms with Crippen LogP contribution >= 0.6 is 12.4 Å². The number of methoxy groups -OCH3 is 1. The largest absolute Gasteiger partial charge is 0.497 e. The lowest BCUT2D eigenvalue weighted by atomic mass is 10.1. The molecule has 150 valence electrons. The number of hydrogen-bond donors (Lipinski definition) is 2. The summed E-state index contributed by atoms with van der Waals surface area (Å²) < 4.78 is 8.89. The fourth-order valence-electron chi connectivity index (χ4n) is 3.78. The van der Waals surface area contributed by atoms with Crippen LogP contribution in [0.1, 0.15) is 24.4 Å². The number of fused-ring (bicyclic) bond motifs is 1. The number of aromatic nitrogens is 3. The van der Waals surface area contributed by atoms with Gasteiger partial charge in [0.15, 0.2) is 0 Å². The zero-order valence-corrected chi connectivity index (χ0v) is 17.2. The molecule has 0 saturated carbocycles. The van der Waals surface area contributed by atoms with E-state index in [0.717, 1.165) is 59.8 Å². The van der Waals surface area contributed by atoms with E-state index in [0.29, 0.717) is 0 Å². The first-order valence-electron chi connectivity index (χ1n) is 9.28. The summed E-state index contributed by atoms with van der Waals surface area (Å²) in [6.07, 6.45) is 3.69. The van der Waals surface area contributed by atoms with Crippen molar-refractivity contribution >= 4 is 34.9 Å². The van der Waals surface area contributed by atoms with Crippen LogP contribution in [0.3, 0.4) is 0 Å². The minimum atomic E-state index is 0. The van der Waals surface area contributed by atoms with E-state index >= 15 is 0 Å². The van der Waals surface area contributed by atoms with Crippen LogP contribution in [0, 0.1) is 6.92 Å². The monoisotopic (exact) mass is 403 g/mol. The Morgan fingerprint density at radius 3 is 2.64 bits per heavy atom. The number of halogens is 1. The molecule has 0 bridgehead atoms. The van der Waals surface area contributed by atoms with E-state index < -0.39 is 0 Å². The molecule has 2 aromatic heterocycles. The minimum absolute atomic E-state index is 0. The van der Waals surface area contributed by atoms with Crippen molar-refractivity contribution in [3.05, 3.63) is 46.5 Å². The summed E-state index contributed by atoms with van der Waals surface area (Å²) in [5.74, 6) is 1.55. The third kappa shape index (κ3) is 3.59. The van der Waals surface area contributed by atoms with Gasteiger partial charge in [-0.1, -0.05) is 0 Å². The third-order valence-corrected chi connectivity index (χ3v) is 5.35. The Balaban J connectivity index is 0.00000225. The third-order valence-electron chi connectivity index (χ3n) is 5.35. The van der Waals surface area contributed by atoms with E-state index in [2.05, 4.69) is 15.6 Å². The molecule has 0 unspecified atom stereocenters. The van der Waals surface area contributed by atoms with Crippen molar-refractivity contribution in [3.63, 3.8) is 0 Å². The smallest absolute Gasteiger partial charge is 0.329 e. The summed E-state index contributed by atoms with van der Waals surface area (Å²) in [5.41, 5.74) is 3.85. The van der Waals surface area contributed by atoms with Gasteiger partial charge < -0.3 is 15.4 Å². The van der Waals surface area contributed by atoms with Crippen LogP contribution in [0.2, 0.25) is 0 Å². The van der Waals surface area contributed by atoms with Crippen LogP contribution in [0.25, 0.3) is 11.0 Å². The molecule has 3 heterocycles. The number of nitrogens with zero attached hydrogens (tertiary/aromatic N) is 3. The van der Waals surface area contributed by atoms with Crippen molar-refractivity contribution in [2.75, 3.05) is 25.5 Å². The second-order valence-electron chi connectivity index (χ2n) is 7.06. The Labute approximate surface area is 170 Å². The maximum absolute atomic E-state index is 12.8. The number of imidazole rings is 1. The number of nitrogens with one attached hydrogen (secondary N) is 2. The molecule has 1 saturated heterocycles. The number of rotatable bonds is 4. The van der Waals surface area contributed by atoms with E-state index in [1.807, 2.05) is 42.8 Å². The van der Waals surface area contributed by atoms with E-state index in [1.165, 1.54) is 0 Å². The predicted octanol–water partition coefficient (Wildman–Crippen LogP) is 3.14. The van der Waals surface area contributed by atoms with Crippen LogP contribution in [-0.2, 0) is 7.05 Å². The fraction of sp³-hybridized carbons (Fsp3) is 0.400. The molecular formula is C20H26ClN5O2. The van der Waals surface area contributed by atoms with Gasteiger partial charge in [-0.2, -0.15) is 0 Å². The van der Waals surface area contributed by atoms with Gasteiger partial charge >= 0.3 is 5.69 Å². The normalized spacial score (nSPS) is 14.7. The van der Waals surface area contributed by atoms with Crippen molar-refractivity contribution in [2.45, 2.75) is 25.8 Å². The highest BCUT2D eigenvalue weighted by atomic mass is 35.5. The molecule has 8 heteroatoms. The summed E-state index contributed by atoms with van der Waals surface area (Å²) in [4.78, 5) is 17.3. The topological polar surface area (TPSA) is 73.1 Å². The van der Waals surface area contributed by atoms with Gasteiger partial charge in [-0.25, -0.2) is 9.78 Å². The highest BCUT2D eigenvalue weighted by molar-refractivity contribution is 5.85. The molecule has 7 nitrogen and oxygen atoms in total. The van der Waals surface area contributed by atoms with Crippen LogP contribution in [0.15, 0.2) is 35.3 Å². The summed E-state index contributed by atoms with van der Waals surface area (Å²) in [7, 11) is 3.47. The van der Waals surface area contributed by atoms with E-state index in [1.54, 1.807) is 17.9 Å². The first kappa shape index (κ1) is 20.2. The number of anilines is 2. The van der Waals surface area contributed by atoms with Crippen molar-refractivity contribution in [1.29, 1.82) is 0 Å². The van der Waals surface area contributed by atoms with Crippen LogP contribution < -0.4 is 21.1 Å². The van der Waals surface area contributed by atoms with Gasteiger partial charge in [0.25, 0.3) is 0 Å². The maximum atomic E-state index is 12.8. The number of aryl methyl sites for hydroxylation is 2. The summed E-state index contributed by atoms with van der Waals surface area (Å²) >= 11 is 0. The standard InChI is InChI=1S/C20H25N5O2.ClH/c1-13-10-15(27-3)4-5-16(13)23-19-11-17-18(12-22-19)24(2)20(26)25(17)14-6-8-21-9-7-14;/h4-5,10-12,14,21H,6-9H2,1-3H3,(H,22,23);1H. The Morgan fingerprint density at radius 2 is 1.96 bits per heavy atom. The lowest BCUT2D eigenvalue weighted by Gasteiger charge is -2.24. The van der Waals surface area contributed by atoms with Crippen LogP contribution in [0.5, 0.6) is 5.75 Å². The maximum Gasteiger partial charge on any atom is 0.329 e. The van der Waals surface area contributed by atoms with Crippen molar-refractivity contribution in [3.8, 4) is 5.75 Å². The Morgan fingerprint density at radius 1 is 1.21 bits per heavy atom. The molecule has 4 rings (SSSR count). The van der Waals surface area contributed by atoms with E-state index in [-0.39, 0.29) is 24.1 Å². The fourth-order valence-corrected chi connectivity index (χ4v) is 3.78. The molecule has 1 fully saturated rings. The van der Waals surface area contributed by atoms with E-state index in [4.69, 9.17) is 4.74 Å². The van der Waals surface area contributed by atoms with Gasteiger partial charge in [0.1, 0.15) is 11.6 Å². The number of hydrogen-bond acceptors (Lipinski definition) is 5. The zero-order valence-electron chi connectivity index (χ0n) is 16.4. The van der Waals surface area contributed by atoms with Gasteiger partial charge in [0.2, 0.25) is 0 Å². The van der Waals surface area contributed by atoms with Gasteiger partial charge in [0.05, 0.1) is 24.3 Å². The molecule has 0 spiro atoms. The van der Waals surface area contributed by atoms with Gasteiger partial charge in [-0.3, -0.25) is 9.13 Å². The lowest BCUT2D eigenvalue weighted by molar-refractivity contribution is 0.366. The van der Waals surface area contributed by atoms with Crippen molar-refractivity contribution in [1.82, 2.24) is 19.4 Å². The van der Waals surface area contributed by atoms with Gasteiger partial charge in [-0.05, 0) is 56.6 Å². The highest BCUT2D eigenvalue weighted by Gasteiger charge is 2.21. The summed E-state index contributed by atoms with van der Waals surface area (Å²) in [5, 5.41) is 6.73. The molecule has 2 N–H and O–H groups in total. The molecule has 0 amide bonds. The summed E-state index contributed by atoms with van der Waals surface area (Å²) in [6, 6.07) is 8.07. The Kier molecular flexibility index (Phi) is 5.96. The molecule has 0 atom stereocenters. The first-order chi connectivity index (χ1) is 13.1. The second-order valence-corrected chi connectivity index (χ2v) is 7.06. The predicted molar refractivity (Wildman–Crippen MR) is 114 cm³/mol. The summed E-state index contributed by atoms with van der Waals surface area (Å²) in [6.45, 7) is 3.90. The molecule has 1 aliphatic heterocycles. The number of piperidine rings is 1. The average molecular weight is 404 g/mol. The quantitative estimate of drug-likeness (QED) is 0.700. The van der Waals surface area contributed by atoms with E-state index in [9.17, 15) is 4.79 Å². The number of ether oxygens (including phenoxy) is 1. The Hall–Kier alpha value is -2.51. The second kappa shape index (κ2) is 8.24. The first-order valence-corrected chi connectivity index (χ1v) is 9.28. The van der Waals surface area contributed by atoms with Gasteiger partial charge in [-0.15, -0.1) is 12.4 Å². The molecule has 1 aliphatic rings. The lowest BCUT2D eigenvalue weighted by Crippen LogP contribution is -2.34. The molecule has 3 aromatic rings. The molecule has 0 radical (unpaired) electrons. The molecular weight excluding hydrogens is 378 g/mol. The van der Waals surface area contributed by atoms with Crippen LogP contribution in [-0.4, -0.2) is 34.3 Å². The highest BCUT2D eigenvalue weighted by Crippen LogP contribution is 2.27. The number of pyridine rings is 1. The van der Waals surface area contributed by atoms with Crippen LogP contribution in [0.4, 0.5) is 11.5 Å². The minimum Gasteiger partial charge on any atom is -0.497 e. The Bertz CT molecular complexity index is 1040. The molecule has 28 heavy (non-hydrogen) atoms. The SMILES string of the molecule is COc1ccc(Nc2cc3c(cn2)n(C)c(=O)n3C2CCNCC2)c(C)c1.Cl. The average Bonchev–Trinajstić information content (AvgIpc) is 2.94. The number of benzene rings is 1. The van der Waals surface area contributed by atoms with Crippen molar-refractivity contribution in [2.24, 2.45) is 7.05 Å². The zero-order chi connectivity index (χ0) is 19.0. The van der Waals surface area contributed by atoms with Crippen molar-refractivity contribution < 1.29 is 4.74 Å². The molecule has 0 aliphatic carbocycles. The molecule has 1 aromatic carbocycles.